The third-order valence-electron chi connectivity index (χ3n) is 9.47. The van der Waals surface area contributed by atoms with E-state index in [1.807, 2.05) is 12.2 Å². The molecular formula is C52H83NO7. The summed E-state index contributed by atoms with van der Waals surface area (Å²) < 4.78 is 17.1. The Labute approximate surface area is 366 Å². The summed E-state index contributed by atoms with van der Waals surface area (Å²) in [6, 6.07) is -0.740. The molecule has 0 spiro atoms. The molecule has 0 aliphatic heterocycles. The van der Waals surface area contributed by atoms with Crippen molar-refractivity contribution in [3.05, 3.63) is 109 Å². The summed E-state index contributed by atoms with van der Waals surface area (Å²) in [6.07, 6.45) is 56.9. The van der Waals surface area contributed by atoms with Crippen molar-refractivity contribution < 1.29 is 38.2 Å². The van der Waals surface area contributed by atoms with Gasteiger partial charge in [-0.1, -0.05) is 155 Å². The monoisotopic (exact) mass is 834 g/mol. The van der Waals surface area contributed by atoms with E-state index in [-0.39, 0.29) is 49.1 Å². The summed E-state index contributed by atoms with van der Waals surface area (Å²) in [5.74, 6) is -1.81. The van der Waals surface area contributed by atoms with Crippen LogP contribution in [-0.4, -0.2) is 75.5 Å². The second-order valence-electron chi connectivity index (χ2n) is 15.9. The topological polar surface area (TPSA) is 102 Å². The number of aliphatic carboxylic acids is 1. The lowest BCUT2D eigenvalue weighted by atomic mass is 10.1. The van der Waals surface area contributed by atoms with Gasteiger partial charge in [0.2, 0.25) is 0 Å². The van der Waals surface area contributed by atoms with E-state index in [2.05, 4.69) is 111 Å². The fourth-order valence-corrected chi connectivity index (χ4v) is 5.95. The highest BCUT2D eigenvalue weighted by atomic mass is 16.6. The number of carbonyl (C=O) groups is 3. The second kappa shape index (κ2) is 41.7. The Kier molecular flexibility index (Phi) is 38.9. The predicted octanol–water partition coefficient (Wildman–Crippen LogP) is 11.5. The molecule has 338 valence electrons. The van der Waals surface area contributed by atoms with Crippen molar-refractivity contribution in [1.82, 2.24) is 0 Å². The zero-order valence-corrected chi connectivity index (χ0v) is 38.3. The molecule has 0 fully saturated rings. The molecule has 0 rings (SSSR count). The molecule has 0 bridgehead atoms. The molecule has 8 heteroatoms. The maximum atomic E-state index is 12.7. The fourth-order valence-electron chi connectivity index (χ4n) is 5.95. The number of carbonyl (C=O) groups excluding carboxylic acids is 3. The van der Waals surface area contributed by atoms with Gasteiger partial charge in [0.15, 0.2) is 6.10 Å². The van der Waals surface area contributed by atoms with Gasteiger partial charge in [-0.2, -0.15) is 0 Å². The van der Waals surface area contributed by atoms with Gasteiger partial charge in [-0.15, -0.1) is 0 Å². The van der Waals surface area contributed by atoms with Crippen LogP contribution in [0.25, 0.3) is 0 Å². The third-order valence-corrected chi connectivity index (χ3v) is 9.47. The molecule has 0 N–H and O–H groups in total. The molecule has 0 saturated carbocycles. The lowest BCUT2D eigenvalue weighted by Crippen LogP contribution is -2.55. The molecule has 0 aliphatic rings. The van der Waals surface area contributed by atoms with Crippen molar-refractivity contribution in [3.8, 4) is 0 Å². The molecule has 0 radical (unpaired) electrons. The Bertz CT molecular complexity index is 1340. The first-order valence-electron chi connectivity index (χ1n) is 22.9. The standard InChI is InChI=1S/C52H83NO7/c1-6-8-10-12-14-16-18-20-21-22-23-24-25-26-27-28-29-31-32-34-36-38-40-42-50(54)59-47-48(46-58-45-44-49(52(56)57)53(3,4)5)60-51(55)43-41-39-37-35-33-30-19-17-15-13-11-9-7-2/h8-11,13-17,19-21,23-24,26-27,29,31,48-49H,6-7,12,18,22,25,28,30,32-47H2,1-5H3/b10-8+,11-9+,15-13+,16-14+,19-17+,21-20+,24-23+,27-26+,31-29+. The van der Waals surface area contributed by atoms with Gasteiger partial charge >= 0.3 is 11.9 Å². The minimum atomic E-state index is -1.14. The molecule has 0 aromatic carbocycles. The zero-order chi connectivity index (χ0) is 44.2. The summed E-state index contributed by atoms with van der Waals surface area (Å²) in [6.45, 7) is 4.34. The quantitative estimate of drug-likeness (QED) is 0.0200. The highest BCUT2D eigenvalue weighted by Gasteiger charge is 2.25. The molecular weight excluding hydrogens is 751 g/mol. The number of carboxylic acid groups (broad SMARTS) is 1. The van der Waals surface area contributed by atoms with Crippen molar-refractivity contribution >= 4 is 17.9 Å². The fraction of sp³-hybridized carbons (Fsp3) is 0.596. The smallest absolute Gasteiger partial charge is 0.306 e. The average molecular weight is 834 g/mol. The molecule has 0 aromatic rings. The van der Waals surface area contributed by atoms with Crippen LogP contribution in [0, 0.1) is 0 Å². The Hall–Kier alpha value is -4.01. The van der Waals surface area contributed by atoms with Crippen molar-refractivity contribution in [2.24, 2.45) is 0 Å². The summed E-state index contributed by atoms with van der Waals surface area (Å²) in [5.41, 5.74) is 0. The molecule has 0 aliphatic carbocycles. The minimum absolute atomic E-state index is 0.0160. The van der Waals surface area contributed by atoms with Gasteiger partial charge in [0.25, 0.3) is 0 Å². The van der Waals surface area contributed by atoms with E-state index < -0.39 is 18.1 Å². The number of likely N-dealkylation sites (N-methyl/N-ethyl adjacent to an activating group) is 1. The van der Waals surface area contributed by atoms with Gasteiger partial charge in [0, 0.05) is 19.3 Å². The van der Waals surface area contributed by atoms with Gasteiger partial charge in [-0.3, -0.25) is 9.59 Å². The molecule has 2 atom stereocenters. The van der Waals surface area contributed by atoms with Gasteiger partial charge in [0.1, 0.15) is 12.6 Å². The number of ether oxygens (including phenoxy) is 3. The molecule has 0 saturated heterocycles. The van der Waals surface area contributed by atoms with Crippen LogP contribution in [0.2, 0.25) is 0 Å². The maximum absolute atomic E-state index is 12.7. The van der Waals surface area contributed by atoms with Crippen LogP contribution in [-0.2, 0) is 28.6 Å². The molecule has 0 heterocycles. The highest BCUT2D eigenvalue weighted by molar-refractivity contribution is 5.70. The maximum Gasteiger partial charge on any atom is 0.306 e. The van der Waals surface area contributed by atoms with Crippen LogP contribution in [0.5, 0.6) is 0 Å². The summed E-state index contributed by atoms with van der Waals surface area (Å²) >= 11 is 0. The Morgan fingerprint density at radius 1 is 0.517 bits per heavy atom. The van der Waals surface area contributed by atoms with Crippen molar-refractivity contribution in [2.75, 3.05) is 41.0 Å². The van der Waals surface area contributed by atoms with Crippen LogP contribution in [0.1, 0.15) is 149 Å². The van der Waals surface area contributed by atoms with Crippen molar-refractivity contribution in [1.29, 1.82) is 0 Å². The Morgan fingerprint density at radius 3 is 1.48 bits per heavy atom. The first-order chi connectivity index (χ1) is 29.1. The van der Waals surface area contributed by atoms with Crippen LogP contribution < -0.4 is 5.11 Å². The normalized spacial score (nSPS) is 13.9. The van der Waals surface area contributed by atoms with Crippen molar-refractivity contribution in [2.45, 2.75) is 161 Å². The van der Waals surface area contributed by atoms with Gasteiger partial charge in [-0.25, -0.2) is 0 Å². The van der Waals surface area contributed by atoms with E-state index >= 15 is 0 Å². The first-order valence-corrected chi connectivity index (χ1v) is 22.9. The average Bonchev–Trinajstić information content (AvgIpc) is 3.21. The predicted molar refractivity (Wildman–Crippen MR) is 249 cm³/mol. The number of esters is 2. The summed E-state index contributed by atoms with van der Waals surface area (Å²) in [4.78, 5) is 36.9. The molecule has 2 unspecified atom stereocenters. The molecule has 0 aromatic heterocycles. The van der Waals surface area contributed by atoms with E-state index in [0.717, 1.165) is 116 Å². The van der Waals surface area contributed by atoms with E-state index in [0.29, 0.717) is 6.42 Å². The number of allylic oxidation sites excluding steroid dienone is 18. The van der Waals surface area contributed by atoms with E-state index in [4.69, 9.17) is 14.2 Å². The SMILES string of the molecule is CC/C=C/C=C/C=C/CCCCCCCC(=O)OC(COCCC(C(=O)[O-])[N+](C)(C)C)COC(=O)CCCCCC/C=C/C/C=C/C/C=C/C/C=C/C/C=C/C/C=C/CC. The van der Waals surface area contributed by atoms with Gasteiger partial charge in [0.05, 0.1) is 40.3 Å². The van der Waals surface area contributed by atoms with E-state index in [1.54, 1.807) is 21.1 Å². The lowest BCUT2D eigenvalue weighted by Gasteiger charge is -2.34. The molecule has 8 nitrogen and oxygen atoms in total. The van der Waals surface area contributed by atoms with Crippen LogP contribution in [0.15, 0.2) is 109 Å². The number of nitrogens with zero attached hydrogens (tertiary/aromatic N) is 1. The number of unbranched alkanes of at least 4 members (excludes halogenated alkanes) is 9. The largest absolute Gasteiger partial charge is 0.544 e. The van der Waals surface area contributed by atoms with Crippen LogP contribution in [0.3, 0.4) is 0 Å². The summed E-state index contributed by atoms with van der Waals surface area (Å²) in [7, 11) is 5.38. The molecule has 60 heavy (non-hydrogen) atoms. The number of quaternary nitrogens is 1. The van der Waals surface area contributed by atoms with Crippen molar-refractivity contribution in [3.63, 3.8) is 0 Å². The van der Waals surface area contributed by atoms with E-state index in [1.165, 1.54) is 0 Å². The molecule has 0 amide bonds. The second-order valence-corrected chi connectivity index (χ2v) is 15.9. The first kappa shape index (κ1) is 56.0. The van der Waals surface area contributed by atoms with E-state index in [9.17, 15) is 19.5 Å². The number of hydrogen-bond acceptors (Lipinski definition) is 7. The highest BCUT2D eigenvalue weighted by Crippen LogP contribution is 2.12. The number of hydrogen-bond donors (Lipinski definition) is 0. The Balaban J connectivity index is 4.38. The summed E-state index contributed by atoms with van der Waals surface area (Å²) in [5, 5.41) is 11.6. The number of rotatable bonds is 39. The van der Waals surface area contributed by atoms with Crippen LogP contribution in [0.4, 0.5) is 0 Å². The zero-order valence-electron chi connectivity index (χ0n) is 38.3. The van der Waals surface area contributed by atoms with Gasteiger partial charge in [-0.05, 0) is 83.5 Å². The van der Waals surface area contributed by atoms with Crippen LogP contribution >= 0.6 is 0 Å². The number of carboxylic acids is 1. The third kappa shape index (κ3) is 39.5. The lowest BCUT2D eigenvalue weighted by molar-refractivity contribution is -0.889. The Morgan fingerprint density at radius 2 is 0.967 bits per heavy atom. The minimum Gasteiger partial charge on any atom is -0.544 e. The van der Waals surface area contributed by atoms with Gasteiger partial charge < -0.3 is 28.6 Å².